The second-order valence-electron chi connectivity index (χ2n) is 7.77. The van der Waals surface area contributed by atoms with E-state index in [2.05, 4.69) is 15.2 Å². The molecule has 0 bridgehead atoms. The molecular weight excluding hydrogens is 443 g/mol. The van der Waals surface area contributed by atoms with Crippen molar-refractivity contribution in [2.45, 2.75) is 45.1 Å². The molecule has 182 valence electrons. The Morgan fingerprint density at radius 2 is 1.88 bits per heavy atom. The number of methoxy groups -OCH3 is 1. The van der Waals surface area contributed by atoms with E-state index < -0.39 is 6.36 Å². The zero-order valence-corrected chi connectivity index (χ0v) is 18.6. The van der Waals surface area contributed by atoms with Crippen molar-refractivity contribution >= 4 is 11.6 Å². The Labute approximate surface area is 189 Å². The van der Waals surface area contributed by atoms with E-state index in [1.165, 1.54) is 16.8 Å². The average molecular weight is 471 g/mol. The highest BCUT2D eigenvalue weighted by atomic mass is 19.4. The lowest BCUT2D eigenvalue weighted by Gasteiger charge is -2.30. The van der Waals surface area contributed by atoms with Crippen LogP contribution >= 0.6 is 0 Å². The minimum absolute atomic E-state index is 0.127. The van der Waals surface area contributed by atoms with E-state index in [9.17, 15) is 22.8 Å². The molecule has 1 aromatic carbocycles. The van der Waals surface area contributed by atoms with Gasteiger partial charge in [-0.1, -0.05) is 0 Å². The molecule has 1 fully saturated rings. The van der Waals surface area contributed by atoms with Gasteiger partial charge in [0.2, 0.25) is 5.91 Å². The highest BCUT2D eigenvalue weighted by Gasteiger charge is 2.31. The number of carbonyl (C=O) groups is 1. The van der Waals surface area contributed by atoms with Gasteiger partial charge in [0, 0.05) is 25.3 Å². The minimum atomic E-state index is -4.76. The molecule has 0 spiro atoms. The van der Waals surface area contributed by atoms with Crippen LogP contribution in [0.25, 0.3) is 0 Å². The number of anilines is 1. The lowest BCUT2D eigenvalue weighted by molar-refractivity contribution is -0.274. The van der Waals surface area contributed by atoms with Crippen LogP contribution in [0.4, 0.5) is 18.9 Å². The summed E-state index contributed by atoms with van der Waals surface area (Å²) < 4.78 is 48.7. The fourth-order valence-corrected chi connectivity index (χ4v) is 3.87. The number of nitrogens with one attached hydrogen (secondary N) is 1. The van der Waals surface area contributed by atoms with Crippen molar-refractivity contribution in [1.82, 2.24) is 19.2 Å². The van der Waals surface area contributed by atoms with Crippen LogP contribution in [0.5, 0.6) is 5.75 Å². The first-order valence-corrected chi connectivity index (χ1v) is 10.7. The van der Waals surface area contributed by atoms with Crippen molar-refractivity contribution in [1.29, 1.82) is 0 Å². The van der Waals surface area contributed by atoms with Crippen molar-refractivity contribution in [2.75, 3.05) is 38.7 Å². The minimum Gasteiger partial charge on any atom is -0.406 e. The molecule has 1 saturated heterocycles. The number of carbonyl (C=O) groups excluding carboxylic acids is 1. The Kier molecular flexibility index (Phi) is 8.14. The standard InChI is InChI=1S/C21H28F3N5O4/c1-3-28-19(26-29(20(28)31)12-13-32-2)15-8-10-27(11-9-15)14-18(30)25-16-4-6-17(7-5-16)33-21(22,23)24/h4-7,15H,3,8-14H2,1-2H3,(H,25,30). The number of hydrogen-bond donors (Lipinski definition) is 1. The second kappa shape index (κ2) is 10.8. The van der Waals surface area contributed by atoms with E-state index in [1.54, 1.807) is 11.7 Å². The second-order valence-corrected chi connectivity index (χ2v) is 7.77. The van der Waals surface area contributed by atoms with Crippen LogP contribution < -0.4 is 15.7 Å². The predicted molar refractivity (Wildman–Crippen MR) is 114 cm³/mol. The normalized spacial score (nSPS) is 15.5. The summed E-state index contributed by atoms with van der Waals surface area (Å²) in [5.74, 6) is 0.288. The van der Waals surface area contributed by atoms with Crippen LogP contribution in [-0.4, -0.2) is 64.9 Å². The van der Waals surface area contributed by atoms with Gasteiger partial charge in [0.05, 0.1) is 19.7 Å². The van der Waals surface area contributed by atoms with Gasteiger partial charge in [-0.05, 0) is 57.1 Å². The summed E-state index contributed by atoms with van der Waals surface area (Å²) in [5, 5.41) is 7.20. The topological polar surface area (TPSA) is 90.6 Å². The molecule has 1 aliphatic heterocycles. The molecule has 3 rings (SSSR count). The maximum Gasteiger partial charge on any atom is 0.573 e. The van der Waals surface area contributed by atoms with Gasteiger partial charge in [-0.3, -0.25) is 14.3 Å². The Balaban J connectivity index is 1.51. The number of alkyl halides is 3. The molecule has 0 saturated carbocycles. The van der Waals surface area contributed by atoms with E-state index >= 15 is 0 Å². The SMILES string of the molecule is CCn1c(C2CCN(CC(=O)Nc3ccc(OC(F)(F)F)cc3)CC2)nn(CCOC)c1=O. The summed E-state index contributed by atoms with van der Waals surface area (Å²) in [4.78, 5) is 26.9. The number of rotatable bonds is 9. The zero-order chi connectivity index (χ0) is 24.0. The molecule has 1 amide bonds. The largest absolute Gasteiger partial charge is 0.573 e. The number of ether oxygens (including phenoxy) is 2. The van der Waals surface area contributed by atoms with Crippen LogP contribution in [-0.2, 0) is 22.6 Å². The van der Waals surface area contributed by atoms with Crippen molar-refractivity contribution in [2.24, 2.45) is 0 Å². The number of likely N-dealkylation sites (tertiary alicyclic amines) is 1. The number of benzene rings is 1. The third kappa shape index (κ3) is 6.81. The molecule has 1 aromatic heterocycles. The van der Waals surface area contributed by atoms with Gasteiger partial charge in [0.15, 0.2) is 0 Å². The summed E-state index contributed by atoms with van der Waals surface area (Å²) >= 11 is 0. The van der Waals surface area contributed by atoms with Gasteiger partial charge in [-0.2, -0.15) is 5.10 Å². The van der Waals surface area contributed by atoms with E-state index in [0.717, 1.165) is 30.8 Å². The van der Waals surface area contributed by atoms with E-state index in [-0.39, 0.29) is 29.8 Å². The summed E-state index contributed by atoms with van der Waals surface area (Å²) in [6.45, 7) is 4.75. The zero-order valence-electron chi connectivity index (χ0n) is 18.6. The van der Waals surface area contributed by atoms with Crippen LogP contribution in [0.15, 0.2) is 29.1 Å². The highest BCUT2D eigenvalue weighted by molar-refractivity contribution is 5.92. The Morgan fingerprint density at radius 1 is 1.21 bits per heavy atom. The number of nitrogens with zero attached hydrogens (tertiary/aromatic N) is 4. The molecule has 0 unspecified atom stereocenters. The van der Waals surface area contributed by atoms with E-state index in [0.29, 0.717) is 38.5 Å². The first kappa shape index (κ1) is 24.8. The average Bonchev–Trinajstić information content (AvgIpc) is 3.08. The fraction of sp³-hybridized carbons (Fsp3) is 0.571. The maximum atomic E-state index is 12.5. The first-order valence-electron chi connectivity index (χ1n) is 10.7. The van der Waals surface area contributed by atoms with Crippen LogP contribution in [0.1, 0.15) is 31.5 Å². The highest BCUT2D eigenvalue weighted by Crippen LogP contribution is 2.27. The lowest BCUT2D eigenvalue weighted by Crippen LogP contribution is -2.39. The number of piperidine rings is 1. The predicted octanol–water partition coefficient (Wildman–Crippen LogP) is 2.43. The van der Waals surface area contributed by atoms with Crippen molar-refractivity contribution in [3.63, 3.8) is 0 Å². The molecule has 12 heteroatoms. The molecule has 2 heterocycles. The molecule has 0 atom stereocenters. The molecule has 33 heavy (non-hydrogen) atoms. The van der Waals surface area contributed by atoms with Gasteiger partial charge in [0.1, 0.15) is 11.6 Å². The Morgan fingerprint density at radius 3 is 2.45 bits per heavy atom. The van der Waals surface area contributed by atoms with Crippen LogP contribution in [0.2, 0.25) is 0 Å². The third-order valence-corrected chi connectivity index (χ3v) is 5.47. The summed E-state index contributed by atoms with van der Waals surface area (Å²) in [7, 11) is 1.58. The number of halogens is 3. The molecular formula is C21H28F3N5O4. The lowest BCUT2D eigenvalue weighted by atomic mass is 9.96. The first-order chi connectivity index (χ1) is 15.7. The smallest absolute Gasteiger partial charge is 0.406 e. The van der Waals surface area contributed by atoms with Crippen molar-refractivity contribution < 1.29 is 27.4 Å². The third-order valence-electron chi connectivity index (χ3n) is 5.47. The Hall–Kier alpha value is -2.86. The Bertz CT molecular complexity index is 979. The summed E-state index contributed by atoms with van der Waals surface area (Å²) in [6, 6.07) is 5.01. The molecule has 0 aliphatic carbocycles. The molecule has 9 nitrogen and oxygen atoms in total. The summed E-state index contributed by atoms with van der Waals surface area (Å²) in [6.07, 6.45) is -3.24. The van der Waals surface area contributed by atoms with Crippen LogP contribution in [0.3, 0.4) is 0 Å². The molecule has 0 radical (unpaired) electrons. The fourth-order valence-electron chi connectivity index (χ4n) is 3.87. The van der Waals surface area contributed by atoms with Gasteiger partial charge >= 0.3 is 12.1 Å². The van der Waals surface area contributed by atoms with Gasteiger partial charge in [0.25, 0.3) is 0 Å². The van der Waals surface area contributed by atoms with Crippen molar-refractivity contribution in [3.8, 4) is 5.75 Å². The van der Waals surface area contributed by atoms with E-state index in [1.807, 2.05) is 11.8 Å². The number of hydrogen-bond acceptors (Lipinski definition) is 6. The van der Waals surface area contributed by atoms with Gasteiger partial charge < -0.3 is 14.8 Å². The van der Waals surface area contributed by atoms with Gasteiger partial charge in [-0.15, -0.1) is 13.2 Å². The summed E-state index contributed by atoms with van der Waals surface area (Å²) in [5.41, 5.74) is 0.246. The van der Waals surface area contributed by atoms with Crippen molar-refractivity contribution in [3.05, 3.63) is 40.6 Å². The molecule has 2 aromatic rings. The number of aromatic nitrogens is 3. The molecule has 1 aliphatic rings. The maximum absolute atomic E-state index is 12.5. The van der Waals surface area contributed by atoms with Gasteiger partial charge in [-0.25, -0.2) is 9.48 Å². The quantitative estimate of drug-likeness (QED) is 0.604. The van der Waals surface area contributed by atoms with Crippen LogP contribution in [0, 0.1) is 0 Å². The number of amides is 1. The molecule has 1 N–H and O–H groups in total. The monoisotopic (exact) mass is 471 g/mol. The van der Waals surface area contributed by atoms with E-state index in [4.69, 9.17) is 4.74 Å².